The summed E-state index contributed by atoms with van der Waals surface area (Å²) in [7, 11) is 0. The monoisotopic (exact) mass is 822 g/mol. The molecule has 0 saturated carbocycles. The number of esters is 2. The SMILES string of the molecule is O=C(O)c1cc(-c2ccc(C(=O)OCCC(F)(F)C(F)(F)C(F)(F)C(F)(F)F)c(C(=O)O)c2)ccc1C(=O)OCCC(F)(F)C(F)(F)C(F)(F)C(F)(F)F. The maximum Gasteiger partial charge on any atom is 0.460 e. The molecular weight excluding hydrogens is 806 g/mol. The zero-order valence-corrected chi connectivity index (χ0v) is 25.4. The number of ether oxygens (including phenoxy) is 2. The van der Waals surface area contributed by atoms with Gasteiger partial charge < -0.3 is 19.7 Å². The quantitative estimate of drug-likeness (QED) is 0.135. The minimum atomic E-state index is -7.25. The molecule has 0 unspecified atom stereocenters. The maximum absolute atomic E-state index is 13.7. The number of carbonyl (C=O) groups is 4. The van der Waals surface area contributed by atoms with Gasteiger partial charge in [-0.1, -0.05) is 12.1 Å². The Morgan fingerprint density at radius 1 is 0.444 bits per heavy atom. The van der Waals surface area contributed by atoms with Crippen molar-refractivity contribution in [1.82, 2.24) is 0 Å². The minimum absolute atomic E-state index is 0.389. The zero-order chi connectivity index (χ0) is 42.3. The highest BCUT2D eigenvalue weighted by Crippen LogP contribution is 2.55. The fourth-order valence-corrected chi connectivity index (χ4v) is 3.99. The van der Waals surface area contributed by atoms with Crippen molar-refractivity contribution >= 4 is 23.9 Å². The molecule has 0 fully saturated rings. The van der Waals surface area contributed by atoms with Crippen LogP contribution in [0.3, 0.4) is 0 Å². The average Bonchev–Trinajstić information content (AvgIpc) is 3.02. The molecule has 0 amide bonds. The fourth-order valence-electron chi connectivity index (χ4n) is 3.99. The summed E-state index contributed by atoms with van der Waals surface area (Å²) >= 11 is 0. The van der Waals surface area contributed by atoms with Gasteiger partial charge in [-0.05, 0) is 35.4 Å². The van der Waals surface area contributed by atoms with Crippen molar-refractivity contribution in [3.63, 3.8) is 0 Å². The summed E-state index contributed by atoms with van der Waals surface area (Å²) in [5, 5.41) is 19.0. The van der Waals surface area contributed by atoms with E-state index in [0.29, 0.717) is 24.3 Å². The lowest BCUT2D eigenvalue weighted by Crippen LogP contribution is -2.61. The van der Waals surface area contributed by atoms with Gasteiger partial charge in [0.15, 0.2) is 0 Å². The first-order chi connectivity index (χ1) is 24.1. The average molecular weight is 822 g/mol. The van der Waals surface area contributed by atoms with E-state index in [2.05, 4.69) is 9.47 Å². The molecule has 0 aliphatic rings. The molecule has 2 aromatic carbocycles. The van der Waals surface area contributed by atoms with Crippen molar-refractivity contribution in [2.75, 3.05) is 13.2 Å². The highest BCUT2D eigenvalue weighted by molar-refractivity contribution is 6.05. The number of carboxylic acid groups (broad SMARTS) is 2. The third-order valence-corrected chi connectivity index (χ3v) is 6.99. The molecule has 2 N–H and O–H groups in total. The van der Waals surface area contributed by atoms with Crippen molar-refractivity contribution in [3.8, 4) is 11.1 Å². The number of hydrogen-bond donors (Lipinski definition) is 2. The normalized spacial score (nSPS) is 13.7. The van der Waals surface area contributed by atoms with Gasteiger partial charge >= 0.3 is 71.8 Å². The van der Waals surface area contributed by atoms with Crippen molar-refractivity contribution in [3.05, 3.63) is 58.7 Å². The number of rotatable bonds is 15. The Hall–Kier alpha value is -4.94. The Kier molecular flexibility index (Phi) is 12.3. The molecular formula is C28H16F18O8. The summed E-state index contributed by atoms with van der Waals surface area (Å²) in [4.78, 5) is 48.2. The van der Waals surface area contributed by atoms with Gasteiger partial charge in [0.1, 0.15) is 0 Å². The summed E-state index contributed by atoms with van der Waals surface area (Å²) in [6.07, 6.45) is -19.5. The van der Waals surface area contributed by atoms with E-state index < -0.39 is 120 Å². The smallest absolute Gasteiger partial charge is 0.460 e. The van der Waals surface area contributed by atoms with E-state index in [1.54, 1.807) is 0 Å². The summed E-state index contributed by atoms with van der Waals surface area (Å²) in [6.45, 7) is -3.95. The summed E-state index contributed by atoms with van der Waals surface area (Å²) in [5.41, 5.74) is -5.22. The van der Waals surface area contributed by atoms with Crippen LogP contribution >= 0.6 is 0 Å². The van der Waals surface area contributed by atoms with E-state index in [-0.39, 0.29) is 11.1 Å². The van der Waals surface area contributed by atoms with Crippen LogP contribution in [0.15, 0.2) is 36.4 Å². The Labute approximate surface area is 286 Å². The summed E-state index contributed by atoms with van der Waals surface area (Å²) in [6, 6.07) is 3.62. The van der Waals surface area contributed by atoms with Gasteiger partial charge in [-0.25, -0.2) is 19.2 Å². The molecule has 0 spiro atoms. The predicted octanol–water partition coefficient (Wildman–Crippen LogP) is 8.78. The molecule has 54 heavy (non-hydrogen) atoms. The van der Waals surface area contributed by atoms with Crippen molar-refractivity contribution in [2.45, 2.75) is 60.7 Å². The van der Waals surface area contributed by atoms with Crippen LogP contribution in [-0.4, -0.2) is 95.2 Å². The molecule has 0 aliphatic carbocycles. The van der Waals surface area contributed by atoms with Crippen LogP contribution in [0, 0.1) is 0 Å². The maximum atomic E-state index is 13.7. The Morgan fingerprint density at radius 3 is 0.963 bits per heavy atom. The predicted molar refractivity (Wildman–Crippen MR) is 137 cm³/mol. The second kappa shape index (κ2) is 14.7. The van der Waals surface area contributed by atoms with Crippen LogP contribution in [-0.2, 0) is 9.47 Å². The van der Waals surface area contributed by atoms with E-state index in [1.807, 2.05) is 0 Å². The van der Waals surface area contributed by atoms with Gasteiger partial charge in [-0.3, -0.25) is 0 Å². The number of aromatic carboxylic acids is 2. The lowest BCUT2D eigenvalue weighted by molar-refractivity contribution is -0.397. The standard InChI is InChI=1S/C28H16F18O8/c29-21(30,23(33,34)25(37,38)27(41,42)43)5-7-53-19(51)13-3-1-11(9-15(13)17(47)48)12-2-4-14(16(10-12)18(49)50)20(52)54-8-6-22(31,32)24(35,36)26(39,40)28(44,45)46/h1-4,9-10H,5-8H2,(H,47,48)(H,49,50). The van der Waals surface area contributed by atoms with Gasteiger partial charge in [0.2, 0.25) is 0 Å². The first-order valence-corrected chi connectivity index (χ1v) is 13.6. The molecule has 2 rings (SSSR count). The molecule has 0 aliphatic heterocycles. The van der Waals surface area contributed by atoms with Crippen LogP contribution in [0.2, 0.25) is 0 Å². The van der Waals surface area contributed by atoms with Crippen LogP contribution in [0.4, 0.5) is 79.0 Å². The number of halogens is 18. The van der Waals surface area contributed by atoms with Gasteiger partial charge in [0.05, 0.1) is 48.3 Å². The van der Waals surface area contributed by atoms with Crippen molar-refractivity contribution in [2.24, 2.45) is 0 Å². The topological polar surface area (TPSA) is 127 Å². The molecule has 0 bridgehead atoms. The number of benzene rings is 2. The first-order valence-electron chi connectivity index (χ1n) is 13.6. The van der Waals surface area contributed by atoms with Crippen LogP contribution in [0.1, 0.15) is 54.3 Å². The molecule has 26 heteroatoms. The molecule has 0 saturated heterocycles. The molecule has 0 aromatic heterocycles. The van der Waals surface area contributed by atoms with Crippen LogP contribution < -0.4 is 0 Å². The highest BCUT2D eigenvalue weighted by atomic mass is 19.4. The number of alkyl halides is 18. The molecule has 8 nitrogen and oxygen atoms in total. The van der Waals surface area contributed by atoms with Crippen molar-refractivity contribution < 1.29 is 118 Å². The zero-order valence-electron chi connectivity index (χ0n) is 25.4. The molecule has 0 radical (unpaired) electrons. The highest BCUT2D eigenvalue weighted by Gasteiger charge is 2.82. The molecule has 2 aromatic rings. The summed E-state index contributed by atoms with van der Waals surface area (Å²) < 4.78 is 242. The third-order valence-electron chi connectivity index (χ3n) is 6.99. The van der Waals surface area contributed by atoms with Gasteiger partial charge in [0.25, 0.3) is 0 Å². The second-order valence-electron chi connectivity index (χ2n) is 10.6. The Bertz CT molecular complexity index is 1640. The number of hydrogen-bond acceptors (Lipinski definition) is 6. The summed E-state index contributed by atoms with van der Waals surface area (Å²) in [5.74, 6) is -48.9. The lowest BCUT2D eigenvalue weighted by atomic mass is 9.95. The molecule has 302 valence electrons. The third kappa shape index (κ3) is 8.39. The Morgan fingerprint density at radius 2 is 0.722 bits per heavy atom. The first kappa shape index (κ1) is 45.2. The van der Waals surface area contributed by atoms with Crippen LogP contribution in [0.25, 0.3) is 11.1 Å². The largest absolute Gasteiger partial charge is 0.478 e. The molecule has 0 heterocycles. The van der Waals surface area contributed by atoms with E-state index in [0.717, 1.165) is 12.1 Å². The van der Waals surface area contributed by atoms with Gasteiger partial charge in [0, 0.05) is 0 Å². The Balaban J connectivity index is 2.30. The number of carbonyl (C=O) groups excluding carboxylic acids is 2. The van der Waals surface area contributed by atoms with Crippen molar-refractivity contribution in [1.29, 1.82) is 0 Å². The van der Waals surface area contributed by atoms with Gasteiger partial charge in [-0.15, -0.1) is 0 Å². The lowest BCUT2D eigenvalue weighted by Gasteiger charge is -2.33. The van der Waals surface area contributed by atoms with E-state index in [1.165, 1.54) is 0 Å². The van der Waals surface area contributed by atoms with E-state index in [9.17, 15) is 108 Å². The minimum Gasteiger partial charge on any atom is -0.478 e. The van der Waals surface area contributed by atoms with E-state index in [4.69, 9.17) is 0 Å². The second-order valence-corrected chi connectivity index (χ2v) is 10.6. The number of carboxylic acids is 2. The van der Waals surface area contributed by atoms with Gasteiger partial charge in [-0.2, -0.15) is 79.0 Å². The fraction of sp³-hybridized carbons (Fsp3) is 0.429. The van der Waals surface area contributed by atoms with E-state index >= 15 is 0 Å². The molecule has 0 atom stereocenters. The van der Waals surface area contributed by atoms with Crippen LogP contribution in [0.5, 0.6) is 0 Å².